The molecular formula is C13H22BNO2. The first-order chi connectivity index (χ1) is 8.13. The van der Waals surface area contributed by atoms with E-state index in [1.54, 1.807) is 12.1 Å². The third-order valence-corrected chi connectivity index (χ3v) is 3.12. The molecule has 0 fully saturated rings. The van der Waals surface area contributed by atoms with Crippen LogP contribution in [0.15, 0.2) is 24.3 Å². The van der Waals surface area contributed by atoms with Crippen molar-refractivity contribution >= 4 is 12.6 Å². The lowest BCUT2D eigenvalue weighted by Crippen LogP contribution is -2.29. The molecule has 1 unspecified atom stereocenters. The third kappa shape index (κ3) is 5.35. The molecule has 0 saturated carbocycles. The van der Waals surface area contributed by atoms with Gasteiger partial charge in [0.15, 0.2) is 0 Å². The summed E-state index contributed by atoms with van der Waals surface area (Å²) in [7, 11) is -1.37. The lowest BCUT2D eigenvalue weighted by Gasteiger charge is -2.09. The molecule has 0 bridgehead atoms. The quantitative estimate of drug-likeness (QED) is 0.486. The van der Waals surface area contributed by atoms with Gasteiger partial charge in [-0.15, -0.1) is 0 Å². The van der Waals surface area contributed by atoms with E-state index in [-0.39, 0.29) is 0 Å². The van der Waals surface area contributed by atoms with Gasteiger partial charge in [0.25, 0.3) is 0 Å². The monoisotopic (exact) mass is 235 g/mol. The molecule has 0 radical (unpaired) electrons. The number of hydrogen-bond acceptors (Lipinski definition) is 3. The van der Waals surface area contributed by atoms with Gasteiger partial charge >= 0.3 is 7.12 Å². The zero-order valence-corrected chi connectivity index (χ0v) is 10.7. The van der Waals surface area contributed by atoms with Crippen LogP contribution in [0.1, 0.15) is 32.3 Å². The molecule has 3 N–H and O–H groups in total. The summed E-state index contributed by atoms with van der Waals surface area (Å²) >= 11 is 0. The highest BCUT2D eigenvalue weighted by Crippen LogP contribution is 2.04. The lowest BCUT2D eigenvalue weighted by molar-refractivity contribution is 0.426. The fraction of sp³-hybridized carbons (Fsp3) is 0.538. The van der Waals surface area contributed by atoms with E-state index in [2.05, 4.69) is 19.2 Å². The third-order valence-electron chi connectivity index (χ3n) is 3.12. The fourth-order valence-corrected chi connectivity index (χ4v) is 1.59. The van der Waals surface area contributed by atoms with Gasteiger partial charge < -0.3 is 15.4 Å². The minimum Gasteiger partial charge on any atom is -0.423 e. The molecule has 0 amide bonds. The Balaban J connectivity index is 2.28. The molecule has 0 spiro atoms. The first kappa shape index (κ1) is 14.2. The van der Waals surface area contributed by atoms with E-state index in [0.29, 0.717) is 5.46 Å². The molecule has 4 heteroatoms. The van der Waals surface area contributed by atoms with Gasteiger partial charge in [0.2, 0.25) is 0 Å². The molecule has 0 heterocycles. The van der Waals surface area contributed by atoms with Crippen LogP contribution in [-0.4, -0.2) is 23.7 Å². The number of benzene rings is 1. The largest absolute Gasteiger partial charge is 0.488 e. The Kier molecular flexibility index (Phi) is 6.26. The molecule has 1 aromatic carbocycles. The van der Waals surface area contributed by atoms with Crippen LogP contribution in [0.25, 0.3) is 0 Å². The maximum atomic E-state index is 8.96. The van der Waals surface area contributed by atoms with Crippen LogP contribution in [0.5, 0.6) is 0 Å². The van der Waals surface area contributed by atoms with Crippen LogP contribution in [0.2, 0.25) is 0 Å². The molecule has 3 nitrogen and oxygen atoms in total. The Labute approximate surface area is 104 Å². The normalized spacial score (nSPS) is 12.5. The van der Waals surface area contributed by atoms with Crippen molar-refractivity contribution < 1.29 is 10.0 Å². The van der Waals surface area contributed by atoms with Gasteiger partial charge in [-0.2, -0.15) is 0 Å². The maximum Gasteiger partial charge on any atom is 0.488 e. The van der Waals surface area contributed by atoms with E-state index in [0.717, 1.165) is 19.0 Å². The highest BCUT2D eigenvalue weighted by Gasteiger charge is 2.09. The van der Waals surface area contributed by atoms with E-state index >= 15 is 0 Å². The van der Waals surface area contributed by atoms with Crippen molar-refractivity contribution in [2.24, 2.45) is 5.92 Å². The minimum absolute atomic E-state index is 0.536. The molecule has 0 aliphatic rings. The molecule has 0 aromatic heterocycles. The Hall–Kier alpha value is -0.835. The second-order valence-electron chi connectivity index (χ2n) is 4.59. The number of hydrogen-bond donors (Lipinski definition) is 3. The molecule has 0 aliphatic heterocycles. The zero-order chi connectivity index (χ0) is 12.7. The molecule has 94 valence electrons. The first-order valence-corrected chi connectivity index (χ1v) is 6.29. The molecule has 1 rings (SSSR count). The van der Waals surface area contributed by atoms with Gasteiger partial charge in [0, 0.05) is 6.54 Å². The lowest BCUT2D eigenvalue weighted by atomic mass is 9.80. The predicted molar refractivity (Wildman–Crippen MR) is 72.0 cm³/mol. The second kappa shape index (κ2) is 7.48. The highest BCUT2D eigenvalue weighted by molar-refractivity contribution is 6.58. The van der Waals surface area contributed by atoms with Crippen molar-refractivity contribution in [3.8, 4) is 0 Å². The van der Waals surface area contributed by atoms with Crippen LogP contribution in [0.3, 0.4) is 0 Å². The fourth-order valence-electron chi connectivity index (χ4n) is 1.59. The molecule has 1 aromatic rings. The summed E-state index contributed by atoms with van der Waals surface area (Å²) in [5.41, 5.74) is 1.70. The summed E-state index contributed by atoms with van der Waals surface area (Å²) in [6.07, 6.45) is 2.43. The Morgan fingerprint density at radius 2 is 1.88 bits per heavy atom. The molecule has 0 aliphatic carbocycles. The minimum atomic E-state index is -1.37. The van der Waals surface area contributed by atoms with E-state index in [4.69, 9.17) is 10.0 Å². The summed E-state index contributed by atoms with van der Waals surface area (Å²) in [5.74, 6) is 0.773. The van der Waals surface area contributed by atoms with Gasteiger partial charge in [-0.25, -0.2) is 0 Å². The molecular weight excluding hydrogens is 213 g/mol. The topological polar surface area (TPSA) is 52.5 Å². The van der Waals surface area contributed by atoms with Gasteiger partial charge in [-0.1, -0.05) is 44.5 Å². The van der Waals surface area contributed by atoms with E-state index in [9.17, 15) is 0 Å². The average molecular weight is 235 g/mol. The average Bonchev–Trinajstić information content (AvgIpc) is 2.34. The van der Waals surface area contributed by atoms with Crippen LogP contribution in [0, 0.1) is 5.92 Å². The van der Waals surface area contributed by atoms with Crippen LogP contribution in [-0.2, 0) is 6.54 Å². The predicted octanol–water partition coefficient (Wildman–Crippen LogP) is 0.892. The van der Waals surface area contributed by atoms with E-state index < -0.39 is 7.12 Å². The zero-order valence-electron chi connectivity index (χ0n) is 10.7. The van der Waals surface area contributed by atoms with Crippen molar-refractivity contribution in [2.75, 3.05) is 6.54 Å². The Bertz CT molecular complexity index is 314. The van der Waals surface area contributed by atoms with Crippen molar-refractivity contribution in [3.63, 3.8) is 0 Å². The van der Waals surface area contributed by atoms with Crippen LogP contribution in [0.4, 0.5) is 0 Å². The summed E-state index contributed by atoms with van der Waals surface area (Å²) in [6, 6.07) is 7.34. The van der Waals surface area contributed by atoms with Gasteiger partial charge in [-0.05, 0) is 29.9 Å². The second-order valence-corrected chi connectivity index (χ2v) is 4.59. The van der Waals surface area contributed by atoms with Crippen molar-refractivity contribution in [3.05, 3.63) is 29.8 Å². The SMILES string of the molecule is CCC(C)CCNCc1ccc(B(O)O)cc1. The summed E-state index contributed by atoms with van der Waals surface area (Å²) in [6.45, 7) is 6.33. The van der Waals surface area contributed by atoms with Crippen LogP contribution >= 0.6 is 0 Å². The first-order valence-electron chi connectivity index (χ1n) is 6.29. The van der Waals surface area contributed by atoms with E-state index in [1.165, 1.54) is 18.4 Å². The summed E-state index contributed by atoms with van der Waals surface area (Å²) in [5, 5.41) is 21.3. The Morgan fingerprint density at radius 1 is 1.24 bits per heavy atom. The Morgan fingerprint density at radius 3 is 2.41 bits per heavy atom. The van der Waals surface area contributed by atoms with Crippen molar-refractivity contribution in [1.82, 2.24) is 5.32 Å². The summed E-state index contributed by atoms with van der Waals surface area (Å²) in [4.78, 5) is 0. The van der Waals surface area contributed by atoms with E-state index in [1.807, 2.05) is 12.1 Å². The van der Waals surface area contributed by atoms with Gasteiger partial charge in [-0.3, -0.25) is 0 Å². The molecule has 17 heavy (non-hydrogen) atoms. The smallest absolute Gasteiger partial charge is 0.423 e. The number of rotatable bonds is 7. The van der Waals surface area contributed by atoms with Crippen molar-refractivity contribution in [1.29, 1.82) is 0 Å². The molecule has 1 atom stereocenters. The van der Waals surface area contributed by atoms with Crippen molar-refractivity contribution in [2.45, 2.75) is 33.2 Å². The highest BCUT2D eigenvalue weighted by atomic mass is 16.4. The summed E-state index contributed by atoms with van der Waals surface area (Å²) < 4.78 is 0. The number of nitrogens with one attached hydrogen (secondary N) is 1. The molecule has 0 saturated heterocycles. The van der Waals surface area contributed by atoms with Gasteiger partial charge in [0.1, 0.15) is 0 Å². The standard InChI is InChI=1S/C13H22BNO2/c1-3-11(2)8-9-15-10-12-4-6-13(7-5-12)14(16)17/h4-7,11,15-17H,3,8-10H2,1-2H3. The van der Waals surface area contributed by atoms with Gasteiger partial charge in [0.05, 0.1) is 0 Å². The maximum absolute atomic E-state index is 8.96. The van der Waals surface area contributed by atoms with Crippen LogP contribution < -0.4 is 10.8 Å².